The van der Waals surface area contributed by atoms with Gasteiger partial charge >= 0.3 is 0 Å². The number of primary amides is 1. The van der Waals surface area contributed by atoms with Crippen molar-refractivity contribution >= 4 is 5.91 Å². The van der Waals surface area contributed by atoms with E-state index in [-0.39, 0.29) is 29.4 Å². The highest BCUT2D eigenvalue weighted by Crippen LogP contribution is 2.68. The van der Waals surface area contributed by atoms with E-state index >= 15 is 0 Å². The van der Waals surface area contributed by atoms with E-state index in [4.69, 9.17) is 5.73 Å². The summed E-state index contributed by atoms with van der Waals surface area (Å²) in [6, 6.07) is 0. The number of rotatable bonds is 4. The van der Waals surface area contributed by atoms with E-state index in [1.165, 1.54) is 25.7 Å². The summed E-state index contributed by atoms with van der Waals surface area (Å²) in [5.41, 5.74) is 5.94. The summed E-state index contributed by atoms with van der Waals surface area (Å²) in [6.45, 7) is 11.3. The maximum Gasteiger partial charge on any atom is 0.217 e. The van der Waals surface area contributed by atoms with Gasteiger partial charge in [0.2, 0.25) is 5.91 Å². The Bertz CT molecular complexity index is 609. The van der Waals surface area contributed by atoms with Crippen LogP contribution >= 0.6 is 0 Å². The highest BCUT2D eigenvalue weighted by Gasteiger charge is 2.62. The maximum atomic E-state index is 11.3. The fraction of sp³-hybridized carbons (Fsp3) is 0.962. The molecule has 4 nitrogen and oxygen atoms in total. The van der Waals surface area contributed by atoms with Crippen LogP contribution in [0.3, 0.4) is 0 Å². The normalized spacial score (nSPS) is 48.4. The highest BCUT2D eigenvalue weighted by atomic mass is 16.3. The number of hydrogen-bond donors (Lipinski definition) is 3. The molecule has 0 bridgehead atoms. The van der Waals surface area contributed by atoms with Crippen molar-refractivity contribution in [3.8, 4) is 0 Å². The zero-order chi connectivity index (χ0) is 22.3. The first-order valence-corrected chi connectivity index (χ1v) is 12.8. The number of aliphatic hydroxyl groups excluding tert-OH is 2. The van der Waals surface area contributed by atoms with Crippen molar-refractivity contribution in [2.24, 2.45) is 52.1 Å². The molecule has 4 saturated carbocycles. The Hall–Kier alpha value is -0.610. The second-order valence-corrected chi connectivity index (χ2v) is 11.4. The van der Waals surface area contributed by atoms with Crippen LogP contribution in [-0.4, -0.2) is 28.3 Å². The summed E-state index contributed by atoms with van der Waals surface area (Å²) in [5, 5.41) is 21.3. The molecule has 4 N–H and O–H groups in total. The molecular formula is C26H47NO3. The summed E-state index contributed by atoms with van der Waals surface area (Å²) < 4.78 is 0. The van der Waals surface area contributed by atoms with Crippen molar-refractivity contribution in [1.29, 1.82) is 0 Å². The molecule has 1 amide bonds. The standard InChI is InChI=1S/C24H41NO3.C2H6/c1-14(4-7-22(25)28)17-5-6-18-16-13-21(27)20-12-15(26)8-10-24(20,3)19(16)9-11-23(17,18)2;1-2/h14-21,26-27H,4-13H2,1-3H3,(H2,25,28);1-2H3/t14?,15-,16?,17?,18?,19?,20?,21+,23?,24?;/m1./s1. The number of amides is 1. The van der Waals surface area contributed by atoms with Crippen LogP contribution in [0.1, 0.15) is 98.8 Å². The van der Waals surface area contributed by atoms with Gasteiger partial charge in [0.15, 0.2) is 0 Å². The summed E-state index contributed by atoms with van der Waals surface area (Å²) in [6.07, 6.45) is 9.72. The Morgan fingerprint density at radius 1 is 0.967 bits per heavy atom. The second kappa shape index (κ2) is 9.10. The molecule has 0 aromatic carbocycles. The van der Waals surface area contributed by atoms with Crippen LogP contribution < -0.4 is 5.73 Å². The smallest absolute Gasteiger partial charge is 0.217 e. The van der Waals surface area contributed by atoms with E-state index in [0.717, 1.165) is 32.1 Å². The minimum atomic E-state index is -0.255. The van der Waals surface area contributed by atoms with Crippen molar-refractivity contribution in [3.05, 3.63) is 0 Å². The average molecular weight is 422 g/mol. The first-order valence-electron chi connectivity index (χ1n) is 12.8. The molecule has 174 valence electrons. The first-order chi connectivity index (χ1) is 14.2. The third-order valence-electron chi connectivity index (χ3n) is 10.3. The molecule has 0 saturated heterocycles. The molecule has 8 unspecified atom stereocenters. The van der Waals surface area contributed by atoms with Gasteiger partial charge in [-0.1, -0.05) is 34.6 Å². The quantitative estimate of drug-likeness (QED) is 0.603. The van der Waals surface area contributed by atoms with Gasteiger partial charge in [0.25, 0.3) is 0 Å². The summed E-state index contributed by atoms with van der Waals surface area (Å²) in [5.74, 6) is 3.34. The molecule has 0 spiro atoms. The highest BCUT2D eigenvalue weighted by molar-refractivity contribution is 5.73. The monoisotopic (exact) mass is 421 g/mol. The number of hydrogen-bond acceptors (Lipinski definition) is 3. The molecule has 0 aromatic rings. The van der Waals surface area contributed by atoms with Gasteiger partial charge in [-0.2, -0.15) is 0 Å². The molecule has 10 atom stereocenters. The van der Waals surface area contributed by atoms with Crippen LogP contribution in [0.2, 0.25) is 0 Å². The number of carbonyl (C=O) groups excluding carboxylic acids is 1. The van der Waals surface area contributed by atoms with Gasteiger partial charge in [-0.15, -0.1) is 0 Å². The van der Waals surface area contributed by atoms with Crippen LogP contribution in [0.4, 0.5) is 0 Å². The van der Waals surface area contributed by atoms with E-state index in [1.807, 2.05) is 13.8 Å². The SMILES string of the molecule is CC.CC(CCC(N)=O)C1CCC2C3C[C@H](O)C4C[C@H](O)CCC4(C)C3CCC12C. The molecule has 4 aliphatic carbocycles. The molecule has 0 heterocycles. The van der Waals surface area contributed by atoms with Crippen LogP contribution in [0.25, 0.3) is 0 Å². The molecule has 30 heavy (non-hydrogen) atoms. The van der Waals surface area contributed by atoms with Gasteiger partial charge in [0.05, 0.1) is 12.2 Å². The Morgan fingerprint density at radius 2 is 1.60 bits per heavy atom. The van der Waals surface area contributed by atoms with E-state index in [1.54, 1.807) is 0 Å². The summed E-state index contributed by atoms with van der Waals surface area (Å²) >= 11 is 0. The molecule has 4 rings (SSSR count). The molecule has 0 aliphatic heterocycles. The Kier molecular flexibility index (Phi) is 7.29. The molecule has 4 heteroatoms. The van der Waals surface area contributed by atoms with Crippen molar-refractivity contribution < 1.29 is 15.0 Å². The first kappa shape index (κ1) is 24.0. The lowest BCUT2D eigenvalue weighted by Crippen LogP contribution is -2.58. The Balaban J connectivity index is 0.00000124. The minimum Gasteiger partial charge on any atom is -0.393 e. The van der Waals surface area contributed by atoms with Crippen molar-refractivity contribution in [2.75, 3.05) is 0 Å². The van der Waals surface area contributed by atoms with Crippen molar-refractivity contribution in [1.82, 2.24) is 0 Å². The Morgan fingerprint density at radius 3 is 2.27 bits per heavy atom. The fourth-order valence-electron chi connectivity index (χ4n) is 8.82. The van der Waals surface area contributed by atoms with Crippen LogP contribution in [0.15, 0.2) is 0 Å². The third-order valence-corrected chi connectivity index (χ3v) is 10.3. The molecule has 4 fully saturated rings. The van der Waals surface area contributed by atoms with Crippen LogP contribution in [-0.2, 0) is 4.79 Å². The fourth-order valence-corrected chi connectivity index (χ4v) is 8.82. The van der Waals surface area contributed by atoms with Gasteiger partial charge in [-0.05, 0) is 104 Å². The van der Waals surface area contributed by atoms with Crippen molar-refractivity contribution in [3.63, 3.8) is 0 Å². The van der Waals surface area contributed by atoms with Gasteiger partial charge in [0.1, 0.15) is 0 Å². The number of aliphatic hydroxyl groups is 2. The zero-order valence-corrected chi connectivity index (χ0v) is 20.1. The minimum absolute atomic E-state index is 0.177. The van der Waals surface area contributed by atoms with Gasteiger partial charge in [-0.25, -0.2) is 0 Å². The number of carbonyl (C=O) groups is 1. The van der Waals surface area contributed by atoms with Crippen molar-refractivity contribution in [2.45, 2.75) is 111 Å². The summed E-state index contributed by atoms with van der Waals surface area (Å²) in [4.78, 5) is 11.3. The van der Waals surface area contributed by atoms with Crippen LogP contribution in [0.5, 0.6) is 0 Å². The van der Waals surface area contributed by atoms with E-state index in [0.29, 0.717) is 41.4 Å². The predicted molar refractivity (Wildman–Crippen MR) is 122 cm³/mol. The van der Waals surface area contributed by atoms with E-state index in [9.17, 15) is 15.0 Å². The molecule has 0 radical (unpaired) electrons. The second-order valence-electron chi connectivity index (χ2n) is 11.4. The van der Waals surface area contributed by atoms with Crippen LogP contribution in [0, 0.1) is 46.3 Å². The van der Waals surface area contributed by atoms with E-state index in [2.05, 4.69) is 20.8 Å². The maximum absolute atomic E-state index is 11.3. The lowest BCUT2D eigenvalue weighted by molar-refractivity contribution is -0.172. The van der Waals surface area contributed by atoms with Gasteiger partial charge in [0, 0.05) is 6.42 Å². The molecular weight excluding hydrogens is 374 g/mol. The van der Waals surface area contributed by atoms with Gasteiger partial charge in [-0.3, -0.25) is 4.79 Å². The largest absolute Gasteiger partial charge is 0.393 e. The number of nitrogens with two attached hydrogens (primary N) is 1. The average Bonchev–Trinajstić information content (AvgIpc) is 3.06. The topological polar surface area (TPSA) is 83.6 Å². The molecule has 0 aromatic heterocycles. The third kappa shape index (κ3) is 3.96. The summed E-state index contributed by atoms with van der Waals surface area (Å²) in [7, 11) is 0. The van der Waals surface area contributed by atoms with E-state index < -0.39 is 0 Å². The lowest BCUT2D eigenvalue weighted by atomic mass is 9.44. The Labute approximate surface area is 184 Å². The zero-order valence-electron chi connectivity index (χ0n) is 20.1. The lowest BCUT2D eigenvalue weighted by Gasteiger charge is -2.62. The molecule has 4 aliphatic rings. The van der Waals surface area contributed by atoms with Gasteiger partial charge < -0.3 is 15.9 Å². The predicted octanol–water partition coefficient (Wildman–Crippen LogP) is 4.90. The number of fused-ring (bicyclic) bond motifs is 5.